The van der Waals surface area contributed by atoms with Crippen molar-refractivity contribution in [2.75, 3.05) is 17.4 Å². The van der Waals surface area contributed by atoms with E-state index in [1.54, 1.807) is 12.1 Å². The van der Waals surface area contributed by atoms with E-state index in [0.29, 0.717) is 13.0 Å². The molecule has 214 valence electrons. The van der Waals surface area contributed by atoms with Gasteiger partial charge < -0.3 is 10.2 Å². The van der Waals surface area contributed by atoms with E-state index in [1.807, 2.05) is 51.1 Å². The van der Waals surface area contributed by atoms with E-state index in [9.17, 15) is 18.0 Å². The molecule has 0 radical (unpaired) electrons. The third-order valence-corrected chi connectivity index (χ3v) is 8.66. The smallest absolute Gasteiger partial charge is 0.264 e. The second-order valence-corrected chi connectivity index (χ2v) is 12.3. The molecule has 0 saturated carbocycles. The molecule has 1 atom stereocenters. The number of hydrogen-bond acceptors (Lipinski definition) is 4. The van der Waals surface area contributed by atoms with Gasteiger partial charge in [-0.25, -0.2) is 8.42 Å². The standard InChI is InChI=1S/C30H35Cl2N3O4S/c1-4-6-16-33-30(37)28(5-2)34(20-23-10-8-7-9-11-23)29(36)21-35(26-18-24(31)17-25(32)19-26)40(38,39)27-14-12-22(3)13-15-27/h7-15,17-19,28H,4-6,16,20-21H2,1-3H3,(H,33,37)/t28-/m1/s1. The summed E-state index contributed by atoms with van der Waals surface area (Å²) < 4.78 is 28.8. The van der Waals surface area contributed by atoms with Gasteiger partial charge in [0.1, 0.15) is 12.6 Å². The van der Waals surface area contributed by atoms with Gasteiger partial charge in [0.05, 0.1) is 10.6 Å². The highest BCUT2D eigenvalue weighted by atomic mass is 35.5. The number of unbranched alkanes of at least 4 members (excludes halogenated alkanes) is 1. The van der Waals surface area contributed by atoms with E-state index in [2.05, 4.69) is 5.32 Å². The second-order valence-electron chi connectivity index (χ2n) is 9.53. The molecule has 0 aliphatic carbocycles. The van der Waals surface area contributed by atoms with Crippen LogP contribution in [0.5, 0.6) is 0 Å². The van der Waals surface area contributed by atoms with Crippen LogP contribution in [-0.2, 0) is 26.2 Å². The number of aryl methyl sites for hydroxylation is 1. The topological polar surface area (TPSA) is 86.8 Å². The van der Waals surface area contributed by atoms with Crippen LogP contribution in [0.15, 0.2) is 77.7 Å². The van der Waals surface area contributed by atoms with Crippen molar-refractivity contribution in [2.24, 2.45) is 0 Å². The van der Waals surface area contributed by atoms with Gasteiger partial charge in [-0.2, -0.15) is 0 Å². The summed E-state index contributed by atoms with van der Waals surface area (Å²) >= 11 is 12.5. The number of halogens is 2. The molecule has 3 aromatic rings. The third kappa shape index (κ3) is 8.22. The van der Waals surface area contributed by atoms with Crippen LogP contribution in [0, 0.1) is 6.92 Å². The van der Waals surface area contributed by atoms with E-state index in [0.717, 1.165) is 28.3 Å². The lowest BCUT2D eigenvalue weighted by molar-refractivity contribution is -0.140. The lowest BCUT2D eigenvalue weighted by Crippen LogP contribution is -2.52. The zero-order valence-corrected chi connectivity index (χ0v) is 25.3. The number of sulfonamides is 1. The summed E-state index contributed by atoms with van der Waals surface area (Å²) in [4.78, 5) is 28.7. The second kappa shape index (κ2) is 14.5. The SMILES string of the molecule is CCCCNC(=O)[C@@H](CC)N(Cc1ccccc1)C(=O)CN(c1cc(Cl)cc(Cl)c1)S(=O)(=O)c1ccc(C)cc1. The largest absolute Gasteiger partial charge is 0.354 e. The summed E-state index contributed by atoms with van der Waals surface area (Å²) in [5, 5.41) is 3.37. The lowest BCUT2D eigenvalue weighted by atomic mass is 10.1. The molecule has 0 aliphatic heterocycles. The zero-order chi connectivity index (χ0) is 29.3. The number of nitrogens with one attached hydrogen (secondary N) is 1. The van der Waals surface area contributed by atoms with Crippen molar-refractivity contribution >= 4 is 50.7 Å². The quantitative estimate of drug-likeness (QED) is 0.235. The molecule has 0 heterocycles. The Kier molecular flexibility index (Phi) is 11.4. The minimum atomic E-state index is -4.21. The average molecular weight is 605 g/mol. The van der Waals surface area contributed by atoms with Gasteiger partial charge in [-0.1, -0.05) is 91.5 Å². The Balaban J connectivity index is 2.05. The van der Waals surface area contributed by atoms with Gasteiger partial charge in [0.2, 0.25) is 11.8 Å². The summed E-state index contributed by atoms with van der Waals surface area (Å²) in [6, 6.07) is 19.2. The van der Waals surface area contributed by atoms with Crippen LogP contribution in [0.25, 0.3) is 0 Å². The van der Waals surface area contributed by atoms with Gasteiger partial charge in [0.25, 0.3) is 10.0 Å². The number of carbonyl (C=O) groups is 2. The molecule has 0 saturated heterocycles. The molecule has 0 bridgehead atoms. The highest BCUT2D eigenvalue weighted by molar-refractivity contribution is 7.92. The van der Waals surface area contributed by atoms with Crippen LogP contribution in [0.3, 0.4) is 0 Å². The highest BCUT2D eigenvalue weighted by Gasteiger charge is 2.33. The van der Waals surface area contributed by atoms with Gasteiger partial charge in [-0.15, -0.1) is 0 Å². The number of amides is 2. The van der Waals surface area contributed by atoms with Gasteiger partial charge in [-0.3, -0.25) is 13.9 Å². The van der Waals surface area contributed by atoms with Crippen LogP contribution in [0.4, 0.5) is 5.69 Å². The fourth-order valence-corrected chi connectivity index (χ4v) is 6.17. The molecule has 1 N–H and O–H groups in total. The van der Waals surface area contributed by atoms with Crippen molar-refractivity contribution in [3.63, 3.8) is 0 Å². The normalized spacial score (nSPS) is 12.0. The van der Waals surface area contributed by atoms with Crippen LogP contribution < -0.4 is 9.62 Å². The monoisotopic (exact) mass is 603 g/mol. The summed E-state index contributed by atoms with van der Waals surface area (Å²) in [7, 11) is -4.21. The van der Waals surface area contributed by atoms with E-state index in [4.69, 9.17) is 23.2 Å². The van der Waals surface area contributed by atoms with Crippen molar-refractivity contribution in [2.45, 2.75) is 57.5 Å². The predicted molar refractivity (Wildman–Crippen MR) is 161 cm³/mol. The summed E-state index contributed by atoms with van der Waals surface area (Å²) in [5.41, 5.74) is 1.85. The Bertz CT molecular complexity index is 1380. The fourth-order valence-electron chi connectivity index (χ4n) is 4.26. The number of benzene rings is 3. The first kappa shape index (κ1) is 31.5. The Morgan fingerprint density at radius 3 is 2.12 bits per heavy atom. The number of rotatable bonds is 13. The number of hydrogen-bond donors (Lipinski definition) is 1. The number of anilines is 1. The molecular weight excluding hydrogens is 569 g/mol. The van der Waals surface area contributed by atoms with E-state index >= 15 is 0 Å². The van der Waals surface area contributed by atoms with Crippen molar-refractivity contribution < 1.29 is 18.0 Å². The first-order chi connectivity index (χ1) is 19.1. The summed E-state index contributed by atoms with van der Waals surface area (Å²) in [6.07, 6.45) is 2.08. The van der Waals surface area contributed by atoms with Gasteiger partial charge in [-0.05, 0) is 55.7 Å². The Morgan fingerprint density at radius 2 is 1.55 bits per heavy atom. The van der Waals surface area contributed by atoms with E-state index in [-0.39, 0.29) is 33.1 Å². The van der Waals surface area contributed by atoms with Crippen LogP contribution >= 0.6 is 23.2 Å². The number of carbonyl (C=O) groups excluding carboxylic acids is 2. The molecule has 10 heteroatoms. The fraction of sp³-hybridized carbons (Fsp3) is 0.333. The average Bonchev–Trinajstić information content (AvgIpc) is 2.91. The van der Waals surface area contributed by atoms with Gasteiger partial charge >= 0.3 is 0 Å². The number of nitrogens with zero attached hydrogens (tertiary/aromatic N) is 2. The molecule has 0 unspecified atom stereocenters. The molecule has 0 aliphatic rings. The first-order valence-corrected chi connectivity index (χ1v) is 15.4. The first-order valence-electron chi connectivity index (χ1n) is 13.2. The van der Waals surface area contributed by atoms with Gasteiger partial charge in [0.15, 0.2) is 0 Å². The maximum absolute atomic E-state index is 14.0. The van der Waals surface area contributed by atoms with Crippen molar-refractivity contribution in [3.05, 3.63) is 94.0 Å². The van der Waals surface area contributed by atoms with E-state index in [1.165, 1.54) is 35.2 Å². The highest BCUT2D eigenvalue weighted by Crippen LogP contribution is 2.30. The Labute approximate surface area is 247 Å². The van der Waals surface area contributed by atoms with Crippen molar-refractivity contribution in [1.29, 1.82) is 0 Å². The van der Waals surface area contributed by atoms with Crippen molar-refractivity contribution in [3.8, 4) is 0 Å². The van der Waals surface area contributed by atoms with Crippen molar-refractivity contribution in [1.82, 2.24) is 10.2 Å². The predicted octanol–water partition coefficient (Wildman–Crippen LogP) is 6.22. The molecular formula is C30H35Cl2N3O4S. The third-order valence-electron chi connectivity index (χ3n) is 6.43. The maximum atomic E-state index is 14.0. The molecule has 2 amide bonds. The van der Waals surface area contributed by atoms with Crippen LogP contribution in [0.1, 0.15) is 44.2 Å². The zero-order valence-electron chi connectivity index (χ0n) is 22.9. The molecule has 0 spiro atoms. The van der Waals surface area contributed by atoms with E-state index < -0.39 is 28.5 Å². The molecule has 0 aromatic heterocycles. The Hall–Kier alpha value is -3.07. The molecule has 3 aromatic carbocycles. The molecule has 3 rings (SSSR count). The van der Waals surface area contributed by atoms with Crippen LogP contribution in [0.2, 0.25) is 10.0 Å². The maximum Gasteiger partial charge on any atom is 0.264 e. The molecule has 7 nitrogen and oxygen atoms in total. The van der Waals surface area contributed by atoms with Crippen LogP contribution in [-0.4, -0.2) is 44.3 Å². The summed E-state index contributed by atoms with van der Waals surface area (Å²) in [5.74, 6) is -0.813. The molecule has 40 heavy (non-hydrogen) atoms. The Morgan fingerprint density at radius 1 is 0.925 bits per heavy atom. The minimum absolute atomic E-state index is 0.0148. The van der Waals surface area contributed by atoms with Gasteiger partial charge in [0, 0.05) is 23.1 Å². The summed E-state index contributed by atoms with van der Waals surface area (Å²) in [6.45, 7) is 5.78. The molecule has 0 fully saturated rings. The lowest BCUT2D eigenvalue weighted by Gasteiger charge is -2.33. The minimum Gasteiger partial charge on any atom is -0.354 e.